The van der Waals surface area contributed by atoms with Gasteiger partial charge in [-0.15, -0.1) is 0 Å². The molecule has 0 radical (unpaired) electrons. The number of hydrogen-bond donors (Lipinski definition) is 1. The van der Waals surface area contributed by atoms with Crippen molar-refractivity contribution in [1.82, 2.24) is 0 Å². The van der Waals surface area contributed by atoms with Gasteiger partial charge in [-0.2, -0.15) is 0 Å². The minimum absolute atomic E-state index is 0.0506. The number of ether oxygens (including phenoxy) is 1. The van der Waals surface area contributed by atoms with Crippen LogP contribution >= 0.6 is 0 Å². The maximum Gasteiger partial charge on any atom is 0.370 e. The average Bonchev–Trinajstić information content (AvgIpc) is 2.46. The maximum atomic E-state index is 11.2. The molecule has 1 aliphatic rings. The number of nitro groups is 1. The molecule has 0 spiro atoms. The van der Waals surface area contributed by atoms with Crippen LogP contribution in [0.4, 0.5) is 5.69 Å². The Hall–Kier alpha value is -2.37. The highest BCUT2D eigenvalue weighted by atomic mass is 16.6. The van der Waals surface area contributed by atoms with Crippen molar-refractivity contribution in [3.05, 3.63) is 51.3 Å². The van der Waals surface area contributed by atoms with Crippen molar-refractivity contribution in [2.45, 2.75) is 32.1 Å². The number of carboxylic acids is 1. The van der Waals surface area contributed by atoms with E-state index in [1.165, 1.54) is 12.1 Å². The molecule has 0 saturated heterocycles. The second kappa shape index (κ2) is 6.39. The maximum absolute atomic E-state index is 11.2. The first-order chi connectivity index (χ1) is 10.0. The number of rotatable bonds is 5. The second-order valence-electron chi connectivity index (χ2n) is 4.87. The van der Waals surface area contributed by atoms with Crippen molar-refractivity contribution >= 4 is 11.7 Å². The lowest BCUT2D eigenvalue weighted by molar-refractivity contribution is -0.385. The third-order valence-corrected chi connectivity index (χ3v) is 3.57. The van der Waals surface area contributed by atoms with Gasteiger partial charge in [0, 0.05) is 17.5 Å². The monoisotopic (exact) mass is 291 g/mol. The molecule has 6 heteroatoms. The highest BCUT2D eigenvalue weighted by molar-refractivity contribution is 5.84. The summed E-state index contributed by atoms with van der Waals surface area (Å²) >= 11 is 0. The van der Waals surface area contributed by atoms with Gasteiger partial charge in [-0.1, -0.05) is 12.1 Å². The fraction of sp³-hybridized carbons (Fsp3) is 0.400. The van der Waals surface area contributed by atoms with E-state index in [4.69, 9.17) is 9.84 Å². The molecule has 1 aromatic rings. The van der Waals surface area contributed by atoms with Gasteiger partial charge in [0.1, 0.15) is 0 Å². The molecule has 0 heterocycles. The highest BCUT2D eigenvalue weighted by Crippen LogP contribution is 2.39. The van der Waals surface area contributed by atoms with E-state index >= 15 is 0 Å². The van der Waals surface area contributed by atoms with Crippen molar-refractivity contribution < 1.29 is 19.6 Å². The minimum Gasteiger partial charge on any atom is -0.487 e. The third kappa shape index (κ3) is 3.21. The molecule has 0 bridgehead atoms. The molecule has 1 aliphatic carbocycles. The second-order valence-corrected chi connectivity index (χ2v) is 4.87. The number of nitro benzene ring substituents is 1. The number of benzene rings is 1. The molecule has 0 amide bonds. The van der Waals surface area contributed by atoms with Crippen molar-refractivity contribution in [2.24, 2.45) is 0 Å². The fourth-order valence-corrected chi connectivity index (χ4v) is 2.75. The fourth-order valence-electron chi connectivity index (χ4n) is 2.75. The van der Waals surface area contributed by atoms with E-state index in [0.717, 1.165) is 18.4 Å². The number of nitrogens with zero attached hydrogens (tertiary/aromatic N) is 1. The van der Waals surface area contributed by atoms with Crippen LogP contribution in [0.1, 0.15) is 36.8 Å². The molecular formula is C15H17NO5. The molecule has 1 unspecified atom stereocenters. The van der Waals surface area contributed by atoms with Crippen LogP contribution in [-0.2, 0) is 16.0 Å². The molecule has 1 atom stereocenters. The number of aliphatic carboxylic acids is 1. The van der Waals surface area contributed by atoms with E-state index in [0.29, 0.717) is 12.0 Å². The zero-order valence-corrected chi connectivity index (χ0v) is 11.7. The Labute approximate surface area is 122 Å². The lowest BCUT2D eigenvalue weighted by Crippen LogP contribution is -2.14. The normalized spacial score (nSPS) is 18.0. The zero-order chi connectivity index (χ0) is 15.4. The largest absolute Gasteiger partial charge is 0.487 e. The number of hydrogen-bond acceptors (Lipinski definition) is 4. The summed E-state index contributed by atoms with van der Waals surface area (Å²) in [7, 11) is 0. The Morgan fingerprint density at radius 1 is 1.57 bits per heavy atom. The van der Waals surface area contributed by atoms with Gasteiger partial charge >= 0.3 is 5.97 Å². The van der Waals surface area contributed by atoms with E-state index in [1.54, 1.807) is 13.0 Å². The SMILES string of the molecule is CCO/C(=C\C1CCCc2cccc([N+](=O)[O-])c21)C(=O)O. The molecule has 112 valence electrons. The Bertz CT molecular complexity index is 594. The van der Waals surface area contributed by atoms with Crippen LogP contribution in [0.2, 0.25) is 0 Å². The first-order valence-corrected chi connectivity index (χ1v) is 6.88. The lowest BCUT2D eigenvalue weighted by atomic mass is 9.81. The molecule has 6 nitrogen and oxygen atoms in total. The summed E-state index contributed by atoms with van der Waals surface area (Å²) < 4.78 is 5.11. The molecule has 1 N–H and O–H groups in total. The van der Waals surface area contributed by atoms with Gasteiger partial charge in [0.15, 0.2) is 0 Å². The van der Waals surface area contributed by atoms with Gasteiger partial charge < -0.3 is 9.84 Å². The Kier molecular flexibility index (Phi) is 4.57. The van der Waals surface area contributed by atoms with Crippen LogP contribution in [-0.4, -0.2) is 22.6 Å². The number of aryl methyl sites for hydroxylation is 1. The van der Waals surface area contributed by atoms with E-state index in [2.05, 4.69) is 0 Å². The van der Waals surface area contributed by atoms with Gasteiger partial charge in [0.2, 0.25) is 5.76 Å². The Morgan fingerprint density at radius 3 is 2.95 bits per heavy atom. The van der Waals surface area contributed by atoms with Crippen LogP contribution in [0.5, 0.6) is 0 Å². The quantitative estimate of drug-likeness (QED) is 0.390. The van der Waals surface area contributed by atoms with Gasteiger partial charge in [-0.25, -0.2) is 4.79 Å². The summed E-state index contributed by atoms with van der Waals surface area (Å²) in [4.78, 5) is 22.0. The number of allylic oxidation sites excluding steroid dienone is 1. The van der Waals surface area contributed by atoms with Crippen LogP contribution in [0.15, 0.2) is 30.0 Å². The molecule has 0 aliphatic heterocycles. The van der Waals surface area contributed by atoms with E-state index in [-0.39, 0.29) is 24.0 Å². The van der Waals surface area contributed by atoms with Crippen molar-refractivity contribution in [3.8, 4) is 0 Å². The van der Waals surface area contributed by atoms with E-state index in [1.807, 2.05) is 6.07 Å². The highest BCUT2D eigenvalue weighted by Gasteiger charge is 2.28. The summed E-state index contributed by atoms with van der Waals surface area (Å²) in [5.41, 5.74) is 1.58. The number of carboxylic acid groups (broad SMARTS) is 1. The van der Waals surface area contributed by atoms with E-state index in [9.17, 15) is 14.9 Å². The summed E-state index contributed by atoms with van der Waals surface area (Å²) in [5, 5.41) is 20.3. The van der Waals surface area contributed by atoms with Gasteiger partial charge in [0.05, 0.1) is 11.5 Å². The molecule has 1 aromatic carbocycles. The third-order valence-electron chi connectivity index (χ3n) is 3.57. The molecule has 0 fully saturated rings. The predicted octanol–water partition coefficient (Wildman–Crippen LogP) is 3.02. The first-order valence-electron chi connectivity index (χ1n) is 6.88. The van der Waals surface area contributed by atoms with Crippen LogP contribution in [0.25, 0.3) is 0 Å². The van der Waals surface area contributed by atoms with Crippen molar-refractivity contribution in [3.63, 3.8) is 0 Å². The molecule has 0 aromatic heterocycles. The molecule has 0 saturated carbocycles. The van der Waals surface area contributed by atoms with Crippen LogP contribution in [0, 0.1) is 10.1 Å². The van der Waals surface area contributed by atoms with Crippen LogP contribution in [0.3, 0.4) is 0 Å². The number of carbonyl (C=O) groups is 1. The molecular weight excluding hydrogens is 274 g/mol. The standard InChI is InChI=1S/C15H17NO5/c1-2-21-13(15(17)18)9-11-7-3-5-10-6-4-8-12(14(10)11)16(19)20/h4,6,8-9,11H,2-3,5,7H2,1H3,(H,17,18)/b13-9-. The summed E-state index contributed by atoms with van der Waals surface area (Å²) in [5.74, 6) is -1.59. The summed E-state index contributed by atoms with van der Waals surface area (Å²) in [6.45, 7) is 1.95. The summed E-state index contributed by atoms with van der Waals surface area (Å²) in [6.07, 6.45) is 3.82. The van der Waals surface area contributed by atoms with Gasteiger partial charge in [-0.05, 0) is 37.8 Å². The van der Waals surface area contributed by atoms with Crippen LogP contribution < -0.4 is 0 Å². The minimum atomic E-state index is -1.15. The zero-order valence-electron chi connectivity index (χ0n) is 11.7. The predicted molar refractivity (Wildman–Crippen MR) is 76.1 cm³/mol. The van der Waals surface area contributed by atoms with Gasteiger partial charge in [0.25, 0.3) is 5.69 Å². The Balaban J connectivity index is 2.48. The van der Waals surface area contributed by atoms with Crippen molar-refractivity contribution in [2.75, 3.05) is 6.61 Å². The first kappa shape index (κ1) is 15.0. The van der Waals surface area contributed by atoms with Crippen molar-refractivity contribution in [1.29, 1.82) is 0 Å². The summed E-state index contributed by atoms with van der Waals surface area (Å²) in [6, 6.07) is 5.00. The lowest BCUT2D eigenvalue weighted by Gasteiger charge is -2.23. The molecule has 21 heavy (non-hydrogen) atoms. The average molecular weight is 291 g/mol. The Morgan fingerprint density at radius 2 is 2.33 bits per heavy atom. The van der Waals surface area contributed by atoms with Gasteiger partial charge in [-0.3, -0.25) is 10.1 Å². The van der Waals surface area contributed by atoms with E-state index < -0.39 is 10.9 Å². The smallest absolute Gasteiger partial charge is 0.370 e. The number of fused-ring (bicyclic) bond motifs is 1. The topological polar surface area (TPSA) is 89.7 Å². The molecule has 2 rings (SSSR count).